The molecule has 0 heterocycles. The first-order valence-corrected chi connectivity index (χ1v) is 7.74. The second kappa shape index (κ2) is 7.52. The third-order valence-electron chi connectivity index (χ3n) is 3.09. The summed E-state index contributed by atoms with van der Waals surface area (Å²) in [5.74, 6) is 0.429. The Morgan fingerprint density at radius 1 is 1.14 bits per heavy atom. The molecule has 0 aliphatic carbocycles. The Morgan fingerprint density at radius 2 is 1.73 bits per heavy atom. The van der Waals surface area contributed by atoms with Crippen molar-refractivity contribution in [2.24, 2.45) is 0 Å². The van der Waals surface area contributed by atoms with Crippen LogP contribution >= 0.6 is 23.2 Å². The zero-order chi connectivity index (χ0) is 16.1. The van der Waals surface area contributed by atoms with Crippen LogP contribution in [0.3, 0.4) is 0 Å². The summed E-state index contributed by atoms with van der Waals surface area (Å²) in [5.41, 5.74) is 1.69. The quantitative estimate of drug-likeness (QED) is 0.824. The van der Waals surface area contributed by atoms with Crippen LogP contribution in [0, 0.1) is 6.92 Å². The predicted molar refractivity (Wildman–Crippen MR) is 91.0 cm³/mol. The van der Waals surface area contributed by atoms with Crippen LogP contribution in [-0.4, -0.2) is 12.0 Å². The standard InChI is InChI=1S/C17H17Cl2NO2/c1-3-16(22-15-6-4-11(2)5-7-15)17(21)20-14-9-12(18)8-13(19)10-14/h4-10,16H,3H2,1-2H3,(H,20,21)/t16-/m1/s1. The van der Waals surface area contributed by atoms with Gasteiger partial charge in [0.1, 0.15) is 5.75 Å². The Hall–Kier alpha value is -1.71. The first kappa shape index (κ1) is 16.7. The molecule has 0 bridgehead atoms. The minimum absolute atomic E-state index is 0.235. The highest BCUT2D eigenvalue weighted by Crippen LogP contribution is 2.23. The second-order valence-electron chi connectivity index (χ2n) is 4.98. The van der Waals surface area contributed by atoms with Crippen LogP contribution in [0.5, 0.6) is 5.75 Å². The van der Waals surface area contributed by atoms with Gasteiger partial charge in [-0.15, -0.1) is 0 Å². The minimum atomic E-state index is -0.583. The lowest BCUT2D eigenvalue weighted by Gasteiger charge is -2.17. The van der Waals surface area contributed by atoms with Gasteiger partial charge in [-0.25, -0.2) is 0 Å². The third kappa shape index (κ3) is 4.65. The molecule has 0 aliphatic rings. The highest BCUT2D eigenvalue weighted by molar-refractivity contribution is 6.35. The van der Waals surface area contributed by atoms with Crippen molar-refractivity contribution < 1.29 is 9.53 Å². The fourth-order valence-electron chi connectivity index (χ4n) is 1.95. The largest absolute Gasteiger partial charge is 0.481 e. The Bertz CT molecular complexity index is 636. The number of anilines is 1. The number of hydrogen-bond donors (Lipinski definition) is 1. The lowest BCUT2D eigenvalue weighted by Crippen LogP contribution is -2.32. The molecule has 5 heteroatoms. The van der Waals surface area contributed by atoms with Crippen LogP contribution in [0.1, 0.15) is 18.9 Å². The number of hydrogen-bond acceptors (Lipinski definition) is 2. The molecular formula is C17H17Cl2NO2. The van der Waals surface area contributed by atoms with Gasteiger partial charge in [0.25, 0.3) is 5.91 Å². The van der Waals surface area contributed by atoms with Gasteiger partial charge in [-0.3, -0.25) is 4.79 Å². The molecule has 2 rings (SSSR count). The van der Waals surface area contributed by atoms with Crippen molar-refractivity contribution in [2.45, 2.75) is 26.4 Å². The van der Waals surface area contributed by atoms with Gasteiger partial charge in [-0.1, -0.05) is 47.8 Å². The summed E-state index contributed by atoms with van der Waals surface area (Å²) in [6, 6.07) is 12.5. The minimum Gasteiger partial charge on any atom is -0.481 e. The summed E-state index contributed by atoms with van der Waals surface area (Å²) >= 11 is 11.8. The second-order valence-corrected chi connectivity index (χ2v) is 5.85. The van der Waals surface area contributed by atoms with Gasteiger partial charge in [-0.05, 0) is 43.7 Å². The number of nitrogens with one attached hydrogen (secondary N) is 1. The summed E-state index contributed by atoms with van der Waals surface area (Å²) < 4.78 is 5.74. The van der Waals surface area contributed by atoms with Gasteiger partial charge in [-0.2, -0.15) is 0 Å². The van der Waals surface area contributed by atoms with Crippen LogP contribution < -0.4 is 10.1 Å². The van der Waals surface area contributed by atoms with E-state index in [9.17, 15) is 4.79 Å². The van der Waals surface area contributed by atoms with E-state index >= 15 is 0 Å². The van der Waals surface area contributed by atoms with E-state index in [-0.39, 0.29) is 5.91 Å². The van der Waals surface area contributed by atoms with Gasteiger partial charge >= 0.3 is 0 Å². The number of amides is 1. The number of halogens is 2. The van der Waals surface area contributed by atoms with Crippen LogP contribution in [0.4, 0.5) is 5.69 Å². The Kier molecular flexibility index (Phi) is 5.69. The smallest absolute Gasteiger partial charge is 0.265 e. The molecule has 2 aromatic carbocycles. The molecule has 1 atom stereocenters. The molecular weight excluding hydrogens is 321 g/mol. The molecule has 0 saturated carbocycles. The molecule has 116 valence electrons. The molecule has 0 fully saturated rings. The van der Waals surface area contributed by atoms with Crippen molar-refractivity contribution in [2.75, 3.05) is 5.32 Å². The molecule has 0 saturated heterocycles. The lowest BCUT2D eigenvalue weighted by atomic mass is 10.2. The summed E-state index contributed by atoms with van der Waals surface area (Å²) in [5, 5.41) is 3.71. The Balaban J connectivity index is 2.06. The van der Waals surface area contributed by atoms with Crippen molar-refractivity contribution in [1.82, 2.24) is 0 Å². The van der Waals surface area contributed by atoms with Gasteiger partial charge in [0.05, 0.1) is 0 Å². The van der Waals surface area contributed by atoms with E-state index in [1.165, 1.54) is 0 Å². The molecule has 2 aromatic rings. The maximum absolute atomic E-state index is 12.3. The number of rotatable bonds is 5. The number of aryl methyl sites for hydroxylation is 1. The Labute approximate surface area is 140 Å². The van der Waals surface area contributed by atoms with E-state index in [1.807, 2.05) is 38.1 Å². The summed E-state index contributed by atoms with van der Waals surface area (Å²) in [4.78, 5) is 12.3. The van der Waals surface area contributed by atoms with Crippen molar-refractivity contribution in [1.29, 1.82) is 0 Å². The normalized spacial score (nSPS) is 11.8. The number of carbonyl (C=O) groups excluding carboxylic acids is 1. The van der Waals surface area contributed by atoms with Crippen LogP contribution in [0.25, 0.3) is 0 Å². The summed E-state index contributed by atoms with van der Waals surface area (Å²) in [7, 11) is 0. The lowest BCUT2D eigenvalue weighted by molar-refractivity contribution is -0.122. The highest BCUT2D eigenvalue weighted by Gasteiger charge is 2.18. The molecule has 0 aromatic heterocycles. The first-order valence-electron chi connectivity index (χ1n) is 6.98. The van der Waals surface area contributed by atoms with Gasteiger partial charge in [0.15, 0.2) is 6.10 Å². The average Bonchev–Trinajstić information content (AvgIpc) is 2.45. The maximum atomic E-state index is 12.3. The van der Waals surface area contributed by atoms with Gasteiger partial charge in [0.2, 0.25) is 0 Å². The number of carbonyl (C=O) groups is 1. The first-order chi connectivity index (χ1) is 10.5. The maximum Gasteiger partial charge on any atom is 0.265 e. The molecule has 0 spiro atoms. The van der Waals surface area contributed by atoms with E-state index in [1.54, 1.807) is 18.2 Å². The molecule has 22 heavy (non-hydrogen) atoms. The van der Waals surface area contributed by atoms with Gasteiger partial charge in [0, 0.05) is 15.7 Å². The zero-order valence-corrected chi connectivity index (χ0v) is 13.9. The van der Waals surface area contributed by atoms with E-state index < -0.39 is 6.10 Å². The fourth-order valence-corrected chi connectivity index (χ4v) is 2.48. The molecule has 3 nitrogen and oxygen atoms in total. The third-order valence-corrected chi connectivity index (χ3v) is 3.53. The van der Waals surface area contributed by atoms with Crippen LogP contribution in [-0.2, 0) is 4.79 Å². The van der Waals surface area contributed by atoms with Crippen molar-refractivity contribution in [3.63, 3.8) is 0 Å². The van der Waals surface area contributed by atoms with Crippen molar-refractivity contribution >= 4 is 34.8 Å². The van der Waals surface area contributed by atoms with Crippen LogP contribution in [0.15, 0.2) is 42.5 Å². The molecule has 0 aliphatic heterocycles. The van der Waals surface area contributed by atoms with Crippen molar-refractivity contribution in [3.8, 4) is 5.75 Å². The van der Waals surface area contributed by atoms with E-state index in [0.29, 0.717) is 27.9 Å². The molecule has 1 amide bonds. The molecule has 0 radical (unpaired) electrons. The number of benzene rings is 2. The predicted octanol–water partition coefficient (Wildman–Crippen LogP) is 5.10. The number of ether oxygens (including phenoxy) is 1. The molecule has 1 N–H and O–H groups in total. The highest BCUT2D eigenvalue weighted by atomic mass is 35.5. The van der Waals surface area contributed by atoms with Gasteiger partial charge < -0.3 is 10.1 Å². The van der Waals surface area contributed by atoms with Crippen LogP contribution in [0.2, 0.25) is 10.0 Å². The fraction of sp³-hybridized carbons (Fsp3) is 0.235. The van der Waals surface area contributed by atoms with Crippen molar-refractivity contribution in [3.05, 3.63) is 58.1 Å². The average molecular weight is 338 g/mol. The van der Waals surface area contributed by atoms with E-state index in [2.05, 4.69) is 5.32 Å². The summed E-state index contributed by atoms with van der Waals surface area (Å²) in [6.45, 7) is 3.89. The topological polar surface area (TPSA) is 38.3 Å². The van der Waals surface area contributed by atoms with E-state index in [4.69, 9.17) is 27.9 Å². The molecule has 0 unspecified atom stereocenters. The SMILES string of the molecule is CC[C@@H](Oc1ccc(C)cc1)C(=O)Nc1cc(Cl)cc(Cl)c1. The summed E-state index contributed by atoms with van der Waals surface area (Å²) in [6.07, 6.45) is -0.0333. The van der Waals surface area contributed by atoms with E-state index in [0.717, 1.165) is 5.56 Å². The zero-order valence-electron chi connectivity index (χ0n) is 12.4. The Morgan fingerprint density at radius 3 is 2.27 bits per heavy atom. The monoisotopic (exact) mass is 337 g/mol.